The van der Waals surface area contributed by atoms with Crippen LogP contribution in [0.15, 0.2) is 146 Å². The second kappa shape index (κ2) is 74.2. The van der Waals surface area contributed by atoms with Gasteiger partial charge in [0.15, 0.2) is 12.2 Å². The van der Waals surface area contributed by atoms with E-state index in [0.717, 1.165) is 154 Å². The van der Waals surface area contributed by atoms with Crippen LogP contribution in [-0.2, 0) is 65.4 Å². The zero-order valence-electron chi connectivity index (χ0n) is 63.5. The SMILES string of the molecule is CC/C=C\C/C=C\C/C=C\C/C=C\C/C=C\CCCCCC(=O)OCC(COP(=O)(O)OCC(O)COP(=O)(O)OCC(COC(=O)CCC/C=C\C/C=C\C/C=C\C/C=C\C/C=C\CC)OC(=O)CCCCCCC/C=C\C/C=C\CCCCC)OC(=O)CCCCCCCCCCCCC. The molecular weight excluding hydrogens is 1330 g/mol. The Morgan fingerprint density at radius 3 is 0.853 bits per heavy atom. The van der Waals surface area contributed by atoms with E-state index in [1.165, 1.54) is 57.8 Å². The fraction of sp³-hybridized carbons (Fsp3) is 0.663. The van der Waals surface area contributed by atoms with Gasteiger partial charge in [-0.2, -0.15) is 0 Å². The molecule has 0 spiro atoms. The molecule has 5 unspecified atom stereocenters. The van der Waals surface area contributed by atoms with Crippen LogP contribution < -0.4 is 0 Å². The molecule has 3 N–H and O–H groups in total. The van der Waals surface area contributed by atoms with Crippen molar-refractivity contribution in [3.05, 3.63) is 146 Å². The summed E-state index contributed by atoms with van der Waals surface area (Å²) in [5.74, 6) is -2.30. The van der Waals surface area contributed by atoms with Gasteiger partial charge in [0, 0.05) is 25.7 Å². The number of carbonyl (C=O) groups is 4. The molecule has 5 atom stereocenters. The second-order valence-electron chi connectivity index (χ2n) is 25.5. The number of hydrogen-bond acceptors (Lipinski definition) is 15. The molecule has 0 saturated carbocycles. The Kier molecular flexibility index (Phi) is 70.5. The van der Waals surface area contributed by atoms with Crippen LogP contribution in [0.4, 0.5) is 0 Å². The van der Waals surface area contributed by atoms with Gasteiger partial charge in [-0.05, 0) is 141 Å². The Balaban J connectivity index is 5.42. The minimum Gasteiger partial charge on any atom is -0.462 e. The molecule has 0 radical (unpaired) electrons. The number of aliphatic hydroxyl groups is 1. The largest absolute Gasteiger partial charge is 0.472 e. The molecule has 0 aliphatic carbocycles. The second-order valence-corrected chi connectivity index (χ2v) is 28.4. The van der Waals surface area contributed by atoms with Crippen molar-refractivity contribution in [3.8, 4) is 0 Å². The first-order chi connectivity index (χ1) is 49.7. The molecule has 582 valence electrons. The van der Waals surface area contributed by atoms with E-state index in [2.05, 4.69) is 161 Å². The van der Waals surface area contributed by atoms with E-state index in [1.54, 1.807) is 0 Å². The number of unbranched alkanes of at least 4 members (excludes halogenated alkanes) is 22. The topological polar surface area (TPSA) is 237 Å². The summed E-state index contributed by atoms with van der Waals surface area (Å²) in [6.45, 7) is 4.49. The standard InChI is InChI=1S/C83H138O17P2/c1-5-9-13-17-21-25-29-32-35-37-38-40-43-45-49-52-56-60-64-68-80(85)93-73-78(99-82(87)69-65-61-57-53-47-28-24-20-16-12-8-4)75-97-101(89,90)95-71-77(84)72-96-102(91,92)98-76-79(100-83(88)70-66-62-58-54-50-46-41-34-31-27-23-19-15-11-7-3)74-94-81(86)67-63-59-55-51-48-44-42-39-36-33-30-26-22-18-14-10-6-2/h9-10,13-14,21-23,25-27,32-36,38,40-42,44-45,49,51,55,77-79,84H,5-8,11-12,15-20,24,28-31,37,39,43,46-48,50,52-54,56-76H2,1-4H3,(H,89,90)(H,91,92)/b13-9-,14-10-,25-21-,26-22-,27-23-,35-32-,36-33-,40-38-,41-34-,44-42-,49-45-,55-51-. The maximum Gasteiger partial charge on any atom is 0.472 e. The van der Waals surface area contributed by atoms with Crippen molar-refractivity contribution < 1.29 is 80.2 Å². The van der Waals surface area contributed by atoms with Gasteiger partial charge < -0.3 is 33.8 Å². The first-order valence-electron chi connectivity index (χ1n) is 39.1. The molecule has 0 heterocycles. The monoisotopic (exact) mass is 1470 g/mol. The molecule has 0 rings (SSSR count). The van der Waals surface area contributed by atoms with Crippen molar-refractivity contribution in [2.24, 2.45) is 0 Å². The quantitative estimate of drug-likeness (QED) is 0.0169. The molecular formula is C83H138O17P2. The molecule has 0 aliphatic rings. The Bertz CT molecular complexity index is 2510. The van der Waals surface area contributed by atoms with Crippen molar-refractivity contribution in [2.45, 2.75) is 316 Å². The Labute approximate surface area is 617 Å². The summed E-state index contributed by atoms with van der Waals surface area (Å²) in [4.78, 5) is 72.9. The van der Waals surface area contributed by atoms with Crippen LogP contribution in [-0.4, -0.2) is 96.7 Å². The molecule has 102 heavy (non-hydrogen) atoms. The van der Waals surface area contributed by atoms with Crippen molar-refractivity contribution in [1.82, 2.24) is 0 Å². The molecule has 0 aromatic heterocycles. The Hall–Kier alpha value is -5.06. The molecule has 19 heteroatoms. The molecule has 0 aliphatic heterocycles. The van der Waals surface area contributed by atoms with Crippen molar-refractivity contribution in [2.75, 3.05) is 39.6 Å². The maximum absolute atomic E-state index is 13.1. The Morgan fingerprint density at radius 1 is 0.284 bits per heavy atom. The summed E-state index contributed by atoms with van der Waals surface area (Å²) in [6, 6.07) is 0. The maximum atomic E-state index is 13.1. The van der Waals surface area contributed by atoms with Gasteiger partial charge >= 0.3 is 39.5 Å². The van der Waals surface area contributed by atoms with Gasteiger partial charge in [0.05, 0.1) is 26.4 Å². The van der Waals surface area contributed by atoms with E-state index in [1.807, 2.05) is 12.2 Å². The number of carbonyl (C=O) groups excluding carboxylic acids is 4. The predicted octanol–water partition coefficient (Wildman–Crippen LogP) is 22.7. The lowest BCUT2D eigenvalue weighted by Crippen LogP contribution is -2.30. The van der Waals surface area contributed by atoms with E-state index in [9.17, 15) is 43.2 Å². The summed E-state index contributed by atoms with van der Waals surface area (Å²) in [5, 5.41) is 10.6. The fourth-order valence-electron chi connectivity index (χ4n) is 9.90. The molecule has 0 aromatic carbocycles. The smallest absolute Gasteiger partial charge is 0.462 e. The van der Waals surface area contributed by atoms with Crippen molar-refractivity contribution in [3.63, 3.8) is 0 Å². The van der Waals surface area contributed by atoms with Crippen LogP contribution in [0, 0.1) is 0 Å². The normalized spacial score (nSPS) is 14.7. The molecule has 0 aromatic rings. The number of phosphoric ester groups is 2. The third-order valence-corrected chi connectivity index (χ3v) is 17.7. The Morgan fingerprint density at radius 2 is 0.520 bits per heavy atom. The van der Waals surface area contributed by atoms with Crippen molar-refractivity contribution >= 4 is 39.5 Å². The molecule has 17 nitrogen and oxygen atoms in total. The first-order valence-corrected chi connectivity index (χ1v) is 42.1. The lowest BCUT2D eigenvalue weighted by atomic mass is 10.1. The third kappa shape index (κ3) is 73.3. The summed E-state index contributed by atoms with van der Waals surface area (Å²) in [7, 11) is -9.99. The number of rotatable bonds is 72. The zero-order chi connectivity index (χ0) is 74.6. The van der Waals surface area contributed by atoms with Gasteiger partial charge in [-0.15, -0.1) is 0 Å². The number of aliphatic hydroxyl groups excluding tert-OH is 1. The lowest BCUT2D eigenvalue weighted by Gasteiger charge is -2.21. The highest BCUT2D eigenvalue weighted by Gasteiger charge is 2.30. The number of allylic oxidation sites excluding steroid dienone is 24. The van der Waals surface area contributed by atoms with Crippen LogP contribution in [0.1, 0.15) is 297 Å². The van der Waals surface area contributed by atoms with Gasteiger partial charge in [0.2, 0.25) is 0 Å². The highest BCUT2D eigenvalue weighted by Crippen LogP contribution is 2.45. The van der Waals surface area contributed by atoms with Gasteiger partial charge in [0.25, 0.3) is 0 Å². The number of phosphoric acid groups is 2. The summed E-state index contributed by atoms with van der Waals surface area (Å²) in [5.41, 5.74) is 0. The highest BCUT2D eigenvalue weighted by molar-refractivity contribution is 7.47. The van der Waals surface area contributed by atoms with Crippen molar-refractivity contribution in [1.29, 1.82) is 0 Å². The number of ether oxygens (including phenoxy) is 4. The molecule has 0 fully saturated rings. The van der Waals surface area contributed by atoms with E-state index in [-0.39, 0.29) is 25.7 Å². The average molecular weight is 1470 g/mol. The van der Waals surface area contributed by atoms with Gasteiger partial charge in [0.1, 0.15) is 19.3 Å². The van der Waals surface area contributed by atoms with Crippen LogP contribution in [0.3, 0.4) is 0 Å². The van der Waals surface area contributed by atoms with E-state index >= 15 is 0 Å². The third-order valence-electron chi connectivity index (χ3n) is 15.8. The van der Waals surface area contributed by atoms with E-state index < -0.39 is 97.5 Å². The van der Waals surface area contributed by atoms with E-state index in [4.69, 9.17) is 37.0 Å². The summed E-state index contributed by atoms with van der Waals surface area (Å²) in [6.07, 6.45) is 84.1. The van der Waals surface area contributed by atoms with Gasteiger partial charge in [-0.1, -0.05) is 276 Å². The van der Waals surface area contributed by atoms with Crippen LogP contribution in [0.5, 0.6) is 0 Å². The van der Waals surface area contributed by atoms with Gasteiger partial charge in [-0.25, -0.2) is 9.13 Å². The minimum absolute atomic E-state index is 0.0626. The van der Waals surface area contributed by atoms with Gasteiger partial charge in [-0.3, -0.25) is 37.3 Å². The molecule has 0 bridgehead atoms. The predicted molar refractivity (Wildman–Crippen MR) is 417 cm³/mol. The van der Waals surface area contributed by atoms with Crippen LogP contribution in [0.25, 0.3) is 0 Å². The minimum atomic E-state index is -5.00. The summed E-state index contributed by atoms with van der Waals surface area (Å²) < 4.78 is 68.4. The van der Waals surface area contributed by atoms with E-state index in [0.29, 0.717) is 32.1 Å². The van der Waals surface area contributed by atoms with Crippen LogP contribution >= 0.6 is 15.6 Å². The fourth-order valence-corrected chi connectivity index (χ4v) is 11.5. The summed E-state index contributed by atoms with van der Waals surface area (Å²) >= 11 is 0. The first kappa shape index (κ1) is 96.9. The molecule has 0 saturated heterocycles. The highest BCUT2D eigenvalue weighted by atomic mass is 31.2. The number of hydrogen-bond donors (Lipinski definition) is 3. The average Bonchev–Trinajstić information content (AvgIpc) is 0.926. The molecule has 0 amide bonds. The zero-order valence-corrected chi connectivity index (χ0v) is 65.3. The lowest BCUT2D eigenvalue weighted by molar-refractivity contribution is -0.161. The number of esters is 4. The van der Waals surface area contributed by atoms with Crippen LogP contribution in [0.2, 0.25) is 0 Å².